The molecule has 6 nitrogen and oxygen atoms in total. The molecule has 0 saturated carbocycles. The fraction of sp³-hybridized carbons (Fsp3) is 0.333. The highest BCUT2D eigenvalue weighted by Gasteiger charge is 2.30. The predicted octanol–water partition coefficient (Wildman–Crippen LogP) is 6.22. The molecule has 5 rings (SSSR count). The van der Waals surface area contributed by atoms with E-state index in [0.29, 0.717) is 30.7 Å². The van der Waals surface area contributed by atoms with Crippen LogP contribution < -0.4 is 10.2 Å². The molecule has 1 atom stereocenters. The molecule has 10 heteroatoms. The maximum absolute atomic E-state index is 13.7. The average Bonchev–Trinajstić information content (AvgIpc) is 3.57. The lowest BCUT2D eigenvalue weighted by molar-refractivity contribution is -0.133. The number of pyridine rings is 1. The Bertz CT molecular complexity index is 1290. The number of nitrogens with one attached hydrogen (secondary N) is 2. The highest BCUT2D eigenvalue weighted by atomic mass is 35.5. The molecule has 2 N–H and O–H groups in total. The minimum atomic E-state index is -0.236. The van der Waals surface area contributed by atoms with Crippen molar-refractivity contribution in [3.05, 3.63) is 70.8 Å². The Kier molecular flexibility index (Phi) is 10.3. The maximum atomic E-state index is 13.7. The highest BCUT2D eigenvalue weighted by molar-refractivity contribution is 7.13. The van der Waals surface area contributed by atoms with Crippen molar-refractivity contribution in [1.82, 2.24) is 20.2 Å². The maximum Gasteiger partial charge on any atom is 0.231 e. The number of aromatic nitrogens is 2. The molecule has 4 aromatic rings. The van der Waals surface area contributed by atoms with Crippen molar-refractivity contribution in [3.8, 4) is 10.4 Å². The van der Waals surface area contributed by atoms with Crippen LogP contribution in [0.3, 0.4) is 0 Å². The van der Waals surface area contributed by atoms with E-state index in [-0.39, 0.29) is 36.6 Å². The molecule has 0 bridgehead atoms. The summed E-state index contributed by atoms with van der Waals surface area (Å²) in [6.45, 7) is 7.73. The number of hydrogen-bond donors (Lipinski definition) is 2. The minimum Gasteiger partial charge on any atom is -0.367 e. The summed E-state index contributed by atoms with van der Waals surface area (Å²) < 4.78 is 0. The first kappa shape index (κ1) is 29.3. The molecule has 1 aliphatic heterocycles. The van der Waals surface area contributed by atoms with E-state index in [1.807, 2.05) is 41.6 Å². The number of carbonyl (C=O) groups excluding carboxylic acids is 1. The van der Waals surface area contributed by atoms with Crippen LogP contribution in [0, 0.1) is 0 Å². The molecule has 37 heavy (non-hydrogen) atoms. The van der Waals surface area contributed by atoms with Gasteiger partial charge in [0.2, 0.25) is 5.91 Å². The standard InChI is InChI=1S/C27H30ClN5OS.2ClH/c1-18(2)30-16-22(19-5-7-20(28)8-6-19)27(34)33-13-11-32(12-14-33)25-21-9-10-29-26(21)31-17-23(25)24-4-3-15-35-24;;/h3-10,15,17-18,22,30H,11-14,16H2,1-2H3,(H,29,31);2*1H. The number of nitrogens with zero attached hydrogens (tertiary/aromatic N) is 3. The number of piperazine rings is 1. The second-order valence-corrected chi connectivity index (χ2v) is 10.6. The van der Waals surface area contributed by atoms with Gasteiger partial charge in [-0.2, -0.15) is 0 Å². The molecule has 1 unspecified atom stereocenters. The third kappa shape index (κ3) is 6.41. The van der Waals surface area contributed by atoms with Crippen molar-refractivity contribution in [1.29, 1.82) is 0 Å². The van der Waals surface area contributed by atoms with Gasteiger partial charge in [-0.05, 0) is 35.2 Å². The average molecular weight is 581 g/mol. The molecule has 0 spiro atoms. The first-order chi connectivity index (χ1) is 17.0. The Hall–Kier alpha value is -2.29. The van der Waals surface area contributed by atoms with E-state index in [1.54, 1.807) is 11.3 Å². The van der Waals surface area contributed by atoms with E-state index >= 15 is 0 Å². The van der Waals surface area contributed by atoms with Crippen LogP contribution in [0.2, 0.25) is 5.02 Å². The predicted molar refractivity (Wildman–Crippen MR) is 160 cm³/mol. The third-order valence-corrected chi connectivity index (χ3v) is 7.71. The fourth-order valence-corrected chi connectivity index (χ4v) is 5.58. The highest BCUT2D eigenvalue weighted by Crippen LogP contribution is 2.38. The summed E-state index contributed by atoms with van der Waals surface area (Å²) in [5, 5.41) is 7.35. The van der Waals surface area contributed by atoms with Gasteiger partial charge in [-0.15, -0.1) is 36.2 Å². The monoisotopic (exact) mass is 579 g/mol. The summed E-state index contributed by atoms with van der Waals surface area (Å²) in [5.41, 5.74) is 4.23. The van der Waals surface area contributed by atoms with Crippen LogP contribution >= 0.6 is 47.8 Å². The first-order valence-electron chi connectivity index (χ1n) is 12.0. The lowest BCUT2D eigenvalue weighted by Gasteiger charge is -2.38. The number of fused-ring (bicyclic) bond motifs is 1. The molecular weight excluding hydrogens is 549 g/mol. The SMILES string of the molecule is CC(C)NCC(C(=O)N1CCN(c2c(-c3cccs3)cnc3[nH]ccc23)CC1)c1ccc(Cl)cc1.Cl.Cl. The Morgan fingerprint density at radius 1 is 1.11 bits per heavy atom. The molecular formula is C27H32Cl3N5OS. The Balaban J connectivity index is 0.00000190. The molecule has 1 aliphatic rings. The molecule has 0 aliphatic carbocycles. The van der Waals surface area contributed by atoms with Gasteiger partial charge in [0.05, 0.1) is 11.6 Å². The van der Waals surface area contributed by atoms with E-state index in [1.165, 1.54) is 10.6 Å². The zero-order valence-electron chi connectivity index (χ0n) is 20.8. The topological polar surface area (TPSA) is 64.3 Å². The van der Waals surface area contributed by atoms with Crippen LogP contribution in [0.25, 0.3) is 21.5 Å². The van der Waals surface area contributed by atoms with Gasteiger partial charge in [0.1, 0.15) is 5.65 Å². The number of hydrogen-bond acceptors (Lipinski definition) is 5. The van der Waals surface area contributed by atoms with Gasteiger partial charge in [-0.25, -0.2) is 4.98 Å². The first-order valence-corrected chi connectivity index (χ1v) is 13.3. The van der Waals surface area contributed by atoms with Crippen LogP contribution in [0.15, 0.2) is 60.2 Å². The third-order valence-electron chi connectivity index (χ3n) is 6.55. The van der Waals surface area contributed by atoms with E-state index < -0.39 is 0 Å². The molecule has 4 heterocycles. The molecule has 1 fully saturated rings. The number of amides is 1. The van der Waals surface area contributed by atoms with Gasteiger partial charge in [-0.3, -0.25) is 4.79 Å². The number of aromatic amines is 1. The van der Waals surface area contributed by atoms with Gasteiger partial charge in [0.25, 0.3) is 0 Å². The van der Waals surface area contributed by atoms with Gasteiger partial charge < -0.3 is 20.1 Å². The number of anilines is 1. The smallest absolute Gasteiger partial charge is 0.231 e. The molecule has 1 saturated heterocycles. The molecule has 3 aromatic heterocycles. The number of carbonyl (C=O) groups is 1. The molecule has 198 valence electrons. The van der Waals surface area contributed by atoms with E-state index in [9.17, 15) is 4.79 Å². The molecule has 0 radical (unpaired) electrons. The number of rotatable bonds is 7. The van der Waals surface area contributed by atoms with Crippen LogP contribution in [0.1, 0.15) is 25.3 Å². The zero-order valence-corrected chi connectivity index (χ0v) is 24.0. The van der Waals surface area contributed by atoms with Crippen molar-refractivity contribution in [2.45, 2.75) is 25.8 Å². The van der Waals surface area contributed by atoms with Gasteiger partial charge in [0.15, 0.2) is 0 Å². The summed E-state index contributed by atoms with van der Waals surface area (Å²) in [4.78, 5) is 27.2. The summed E-state index contributed by atoms with van der Waals surface area (Å²) in [7, 11) is 0. The molecule has 1 amide bonds. The van der Waals surface area contributed by atoms with Gasteiger partial charge >= 0.3 is 0 Å². The van der Waals surface area contributed by atoms with Gasteiger partial charge in [-0.1, -0.05) is 43.6 Å². The Morgan fingerprint density at radius 2 is 1.84 bits per heavy atom. The number of H-pyrrole nitrogens is 1. The van der Waals surface area contributed by atoms with Crippen molar-refractivity contribution < 1.29 is 4.79 Å². The van der Waals surface area contributed by atoms with E-state index in [0.717, 1.165) is 35.2 Å². The van der Waals surface area contributed by atoms with Crippen LogP contribution in [-0.4, -0.2) is 59.5 Å². The van der Waals surface area contributed by atoms with Crippen LogP contribution in [0.5, 0.6) is 0 Å². The van der Waals surface area contributed by atoms with Crippen molar-refractivity contribution in [2.75, 3.05) is 37.6 Å². The Morgan fingerprint density at radius 3 is 2.49 bits per heavy atom. The number of benzene rings is 1. The fourth-order valence-electron chi connectivity index (χ4n) is 4.71. The summed E-state index contributed by atoms with van der Waals surface area (Å²) in [6, 6.07) is 14.3. The largest absolute Gasteiger partial charge is 0.367 e. The number of thiophene rings is 1. The lowest BCUT2D eigenvalue weighted by Crippen LogP contribution is -2.51. The van der Waals surface area contributed by atoms with E-state index in [2.05, 4.69) is 57.6 Å². The minimum absolute atomic E-state index is 0. The van der Waals surface area contributed by atoms with Crippen molar-refractivity contribution in [3.63, 3.8) is 0 Å². The van der Waals surface area contributed by atoms with Crippen LogP contribution in [0.4, 0.5) is 5.69 Å². The summed E-state index contributed by atoms with van der Waals surface area (Å²) >= 11 is 7.83. The van der Waals surface area contributed by atoms with Crippen LogP contribution in [-0.2, 0) is 4.79 Å². The zero-order chi connectivity index (χ0) is 24.4. The summed E-state index contributed by atoms with van der Waals surface area (Å²) in [6.07, 6.45) is 3.91. The Labute approximate surface area is 239 Å². The van der Waals surface area contributed by atoms with Crippen molar-refractivity contribution >= 4 is 70.4 Å². The van der Waals surface area contributed by atoms with E-state index in [4.69, 9.17) is 11.6 Å². The van der Waals surface area contributed by atoms with Gasteiger partial charge in [0, 0.05) is 72.0 Å². The lowest BCUT2D eigenvalue weighted by atomic mass is 9.96. The van der Waals surface area contributed by atoms with Crippen molar-refractivity contribution in [2.24, 2.45) is 0 Å². The normalized spacial score (nSPS) is 14.4. The summed E-state index contributed by atoms with van der Waals surface area (Å²) in [5.74, 6) is -0.0691. The second kappa shape index (κ2) is 13.0. The quantitative estimate of drug-likeness (QED) is 0.272. The second-order valence-electron chi connectivity index (χ2n) is 9.22. The molecule has 1 aromatic carbocycles. The number of halogens is 3.